The van der Waals surface area contributed by atoms with Crippen LogP contribution in [0.3, 0.4) is 0 Å². The molecule has 0 saturated heterocycles. The zero-order valence-corrected chi connectivity index (χ0v) is 13.6. The van der Waals surface area contributed by atoms with Crippen molar-refractivity contribution in [3.8, 4) is 0 Å². The van der Waals surface area contributed by atoms with E-state index in [1.165, 1.54) is 31.4 Å². The molecule has 3 unspecified atom stereocenters. The average Bonchev–Trinajstić information content (AvgIpc) is 2.46. The van der Waals surface area contributed by atoms with Crippen molar-refractivity contribution in [3.63, 3.8) is 0 Å². The first kappa shape index (κ1) is 16.6. The largest absolute Gasteiger partial charge is 0.313 e. The lowest BCUT2D eigenvalue weighted by atomic mass is 9.96. The normalized spacial score (nSPS) is 25.0. The molecule has 0 bridgehead atoms. The maximum Gasteiger partial charge on any atom is 0.124 e. The molecule has 2 rings (SSSR count). The van der Waals surface area contributed by atoms with Gasteiger partial charge in [-0.05, 0) is 44.0 Å². The molecule has 1 aromatic carbocycles. The summed E-state index contributed by atoms with van der Waals surface area (Å²) in [5.41, 5.74) is 0. The monoisotopic (exact) mass is 311 g/mol. The molecular weight excluding hydrogens is 285 g/mol. The van der Waals surface area contributed by atoms with Gasteiger partial charge in [-0.3, -0.25) is 4.21 Å². The van der Waals surface area contributed by atoms with Crippen LogP contribution in [0.2, 0.25) is 0 Å². The Balaban J connectivity index is 2.15. The van der Waals surface area contributed by atoms with Gasteiger partial charge in [0.1, 0.15) is 5.82 Å². The summed E-state index contributed by atoms with van der Waals surface area (Å²) in [7, 11) is -1.13. The van der Waals surface area contributed by atoms with Gasteiger partial charge in [0, 0.05) is 10.9 Å². The van der Waals surface area contributed by atoms with Crippen LogP contribution < -0.4 is 5.32 Å². The zero-order valence-electron chi connectivity index (χ0n) is 12.8. The molecule has 0 heterocycles. The predicted octanol–water partition coefficient (Wildman–Crippen LogP) is 4.02. The quantitative estimate of drug-likeness (QED) is 0.889. The summed E-state index contributed by atoms with van der Waals surface area (Å²) in [6, 6.07) is 6.56. The van der Waals surface area contributed by atoms with Crippen LogP contribution in [-0.2, 0) is 10.8 Å². The van der Waals surface area contributed by atoms with Gasteiger partial charge >= 0.3 is 0 Å². The third-order valence-electron chi connectivity index (χ3n) is 4.16. The second-order valence-corrected chi connectivity index (χ2v) is 7.52. The van der Waals surface area contributed by atoms with Crippen LogP contribution in [0.25, 0.3) is 0 Å². The van der Waals surface area contributed by atoms with Gasteiger partial charge < -0.3 is 5.32 Å². The van der Waals surface area contributed by atoms with Crippen LogP contribution >= 0.6 is 0 Å². The van der Waals surface area contributed by atoms with Gasteiger partial charge in [0.15, 0.2) is 0 Å². The minimum absolute atomic E-state index is 0.0960. The van der Waals surface area contributed by atoms with Crippen molar-refractivity contribution in [2.75, 3.05) is 6.54 Å². The smallest absolute Gasteiger partial charge is 0.124 e. The molecule has 1 aliphatic rings. The predicted molar refractivity (Wildman–Crippen MR) is 86.4 cm³/mol. The number of benzene rings is 1. The molecule has 2 nitrogen and oxygen atoms in total. The summed E-state index contributed by atoms with van der Waals surface area (Å²) in [6.07, 6.45) is 7.92. The molecule has 1 N–H and O–H groups in total. The number of rotatable bonds is 5. The zero-order chi connectivity index (χ0) is 15.1. The van der Waals surface area contributed by atoms with E-state index in [-0.39, 0.29) is 17.1 Å². The lowest BCUT2D eigenvalue weighted by Gasteiger charge is -2.29. The van der Waals surface area contributed by atoms with Crippen molar-refractivity contribution < 1.29 is 8.60 Å². The second-order valence-electron chi connectivity index (χ2n) is 5.85. The third-order valence-corrected chi connectivity index (χ3v) is 6.00. The number of hydrogen-bond donors (Lipinski definition) is 1. The summed E-state index contributed by atoms with van der Waals surface area (Å²) in [5, 5.41) is 3.66. The molecule has 0 radical (unpaired) electrons. The molecule has 1 fully saturated rings. The Labute approximate surface area is 130 Å². The highest BCUT2D eigenvalue weighted by Gasteiger charge is 2.28. The summed E-state index contributed by atoms with van der Waals surface area (Å²) in [6.45, 7) is 3.11. The van der Waals surface area contributed by atoms with Crippen molar-refractivity contribution in [1.82, 2.24) is 5.32 Å². The molecule has 4 heteroatoms. The number of hydrogen-bond acceptors (Lipinski definition) is 2. The minimum atomic E-state index is -1.13. The Hall–Kier alpha value is -0.740. The minimum Gasteiger partial charge on any atom is -0.313 e. The van der Waals surface area contributed by atoms with Crippen LogP contribution in [0.4, 0.5) is 4.39 Å². The topological polar surface area (TPSA) is 29.1 Å². The fourth-order valence-corrected chi connectivity index (χ4v) is 4.74. The summed E-state index contributed by atoms with van der Waals surface area (Å²) < 4.78 is 26.3. The molecule has 1 aromatic rings. The van der Waals surface area contributed by atoms with Gasteiger partial charge in [0.2, 0.25) is 0 Å². The fourth-order valence-electron chi connectivity index (χ4n) is 3.04. The Morgan fingerprint density at radius 2 is 2.00 bits per heavy atom. The van der Waals surface area contributed by atoms with E-state index in [0.29, 0.717) is 4.90 Å². The SMILES string of the molecule is CCCNC1CCCCCCC1S(=O)c1cccc(F)c1. The van der Waals surface area contributed by atoms with Crippen molar-refractivity contribution >= 4 is 10.8 Å². The van der Waals surface area contributed by atoms with E-state index < -0.39 is 10.8 Å². The molecule has 21 heavy (non-hydrogen) atoms. The fraction of sp³-hybridized carbons (Fsp3) is 0.647. The molecule has 0 aromatic heterocycles. The lowest BCUT2D eigenvalue weighted by molar-refractivity contribution is 0.394. The first-order valence-corrected chi connectivity index (χ1v) is 9.33. The highest BCUT2D eigenvalue weighted by atomic mass is 32.2. The van der Waals surface area contributed by atoms with E-state index in [0.717, 1.165) is 32.2 Å². The van der Waals surface area contributed by atoms with E-state index >= 15 is 0 Å². The van der Waals surface area contributed by atoms with Gasteiger partial charge in [0.05, 0.1) is 16.0 Å². The molecule has 118 valence electrons. The van der Waals surface area contributed by atoms with Crippen molar-refractivity contribution in [2.24, 2.45) is 0 Å². The van der Waals surface area contributed by atoms with Crippen LogP contribution in [-0.4, -0.2) is 22.0 Å². The third kappa shape index (κ3) is 4.89. The van der Waals surface area contributed by atoms with Gasteiger partial charge in [-0.15, -0.1) is 0 Å². The molecular formula is C17H26FNOS. The maximum absolute atomic E-state index is 13.4. The Bertz CT molecular complexity index is 464. The Kier molecular flexibility index (Phi) is 6.84. The van der Waals surface area contributed by atoms with Crippen molar-refractivity contribution in [3.05, 3.63) is 30.1 Å². The van der Waals surface area contributed by atoms with E-state index in [2.05, 4.69) is 12.2 Å². The molecule has 0 aliphatic heterocycles. The molecule has 1 aliphatic carbocycles. The van der Waals surface area contributed by atoms with Crippen LogP contribution in [0.1, 0.15) is 51.9 Å². The summed E-state index contributed by atoms with van der Waals surface area (Å²) >= 11 is 0. The summed E-state index contributed by atoms with van der Waals surface area (Å²) in [5.74, 6) is -0.301. The van der Waals surface area contributed by atoms with E-state index in [1.807, 2.05) is 0 Å². The first-order chi connectivity index (χ1) is 10.2. The van der Waals surface area contributed by atoms with Gasteiger partial charge in [0.25, 0.3) is 0 Å². The number of nitrogens with one attached hydrogen (secondary N) is 1. The lowest BCUT2D eigenvalue weighted by Crippen LogP contribution is -2.43. The van der Waals surface area contributed by atoms with Crippen molar-refractivity contribution in [2.45, 2.75) is 68.1 Å². The molecule has 0 amide bonds. The van der Waals surface area contributed by atoms with Crippen LogP contribution in [0.15, 0.2) is 29.2 Å². The first-order valence-electron chi connectivity index (χ1n) is 8.12. The Morgan fingerprint density at radius 1 is 1.24 bits per heavy atom. The van der Waals surface area contributed by atoms with Gasteiger partial charge in [-0.2, -0.15) is 0 Å². The van der Waals surface area contributed by atoms with E-state index in [4.69, 9.17) is 0 Å². The highest BCUT2D eigenvalue weighted by molar-refractivity contribution is 7.85. The molecule has 0 spiro atoms. The van der Waals surface area contributed by atoms with Crippen LogP contribution in [0, 0.1) is 5.82 Å². The van der Waals surface area contributed by atoms with Crippen molar-refractivity contribution in [1.29, 1.82) is 0 Å². The van der Waals surface area contributed by atoms with Crippen LogP contribution in [0.5, 0.6) is 0 Å². The highest BCUT2D eigenvalue weighted by Crippen LogP contribution is 2.25. The average molecular weight is 311 g/mol. The van der Waals surface area contributed by atoms with Gasteiger partial charge in [-0.25, -0.2) is 4.39 Å². The second kappa shape index (κ2) is 8.64. The molecule has 3 atom stereocenters. The van der Waals surface area contributed by atoms with E-state index in [1.54, 1.807) is 12.1 Å². The molecule has 1 saturated carbocycles. The Morgan fingerprint density at radius 3 is 2.71 bits per heavy atom. The standard InChI is InChI=1S/C17H26FNOS/c1-2-12-19-16-10-5-3-4-6-11-17(16)21(20)15-9-7-8-14(18)13-15/h7-9,13,16-17,19H,2-6,10-12H2,1H3. The van der Waals surface area contributed by atoms with Gasteiger partial charge in [-0.1, -0.05) is 38.7 Å². The van der Waals surface area contributed by atoms with E-state index in [9.17, 15) is 8.60 Å². The number of halogens is 1. The summed E-state index contributed by atoms with van der Waals surface area (Å²) in [4.78, 5) is 0.629. The maximum atomic E-state index is 13.4.